The highest BCUT2D eigenvalue weighted by Gasteiger charge is 2.10. The summed E-state index contributed by atoms with van der Waals surface area (Å²) in [6.07, 6.45) is 1.95. The molecule has 2 aromatic rings. The second-order valence-corrected chi connectivity index (χ2v) is 5.16. The Bertz CT molecular complexity index is 599. The standard InChI is InChI=1S/C16H18N2O2S/c1-21-15-5-3-2-4-14(15)16(19)18-12-6-8-13(9-7-12)20-11-10-17/h2-9H,10-11,17H2,1H3,(H,18,19). The molecule has 0 atom stereocenters. The number of nitrogens with two attached hydrogens (primary N) is 1. The van der Waals surface area contributed by atoms with E-state index >= 15 is 0 Å². The molecule has 0 spiro atoms. The fourth-order valence-corrected chi connectivity index (χ4v) is 2.44. The smallest absolute Gasteiger partial charge is 0.256 e. The van der Waals surface area contributed by atoms with Gasteiger partial charge < -0.3 is 15.8 Å². The molecule has 3 N–H and O–H groups in total. The van der Waals surface area contributed by atoms with Gasteiger partial charge in [0, 0.05) is 17.1 Å². The largest absolute Gasteiger partial charge is 0.492 e. The lowest BCUT2D eigenvalue weighted by Gasteiger charge is -2.09. The predicted molar refractivity (Wildman–Crippen MR) is 87.2 cm³/mol. The second-order valence-electron chi connectivity index (χ2n) is 4.32. The van der Waals surface area contributed by atoms with Crippen LogP contribution in [0.15, 0.2) is 53.4 Å². The number of ether oxygens (including phenoxy) is 1. The van der Waals surface area contributed by atoms with Gasteiger partial charge in [0.15, 0.2) is 0 Å². The molecule has 0 aliphatic carbocycles. The van der Waals surface area contributed by atoms with E-state index in [2.05, 4.69) is 5.32 Å². The molecule has 0 aromatic heterocycles. The molecule has 2 aromatic carbocycles. The number of rotatable bonds is 6. The summed E-state index contributed by atoms with van der Waals surface area (Å²) in [6.45, 7) is 0.955. The van der Waals surface area contributed by atoms with Crippen LogP contribution in [0.1, 0.15) is 10.4 Å². The van der Waals surface area contributed by atoms with E-state index in [9.17, 15) is 4.79 Å². The number of hydrogen-bond acceptors (Lipinski definition) is 4. The van der Waals surface area contributed by atoms with Crippen molar-refractivity contribution in [3.8, 4) is 5.75 Å². The lowest BCUT2D eigenvalue weighted by atomic mass is 10.2. The van der Waals surface area contributed by atoms with Crippen molar-refractivity contribution in [2.45, 2.75) is 4.90 Å². The number of benzene rings is 2. The summed E-state index contributed by atoms with van der Waals surface area (Å²) < 4.78 is 5.40. The number of carbonyl (C=O) groups is 1. The van der Waals surface area contributed by atoms with Crippen molar-refractivity contribution in [2.24, 2.45) is 5.73 Å². The first-order valence-electron chi connectivity index (χ1n) is 6.62. The van der Waals surface area contributed by atoms with Crippen molar-refractivity contribution in [2.75, 3.05) is 24.7 Å². The third-order valence-corrected chi connectivity index (χ3v) is 3.65. The Labute approximate surface area is 128 Å². The van der Waals surface area contributed by atoms with Crippen LogP contribution in [-0.4, -0.2) is 25.3 Å². The van der Waals surface area contributed by atoms with Gasteiger partial charge in [-0.15, -0.1) is 11.8 Å². The van der Waals surface area contributed by atoms with E-state index < -0.39 is 0 Å². The van der Waals surface area contributed by atoms with Gasteiger partial charge >= 0.3 is 0 Å². The lowest BCUT2D eigenvalue weighted by Crippen LogP contribution is -2.13. The maximum Gasteiger partial charge on any atom is 0.256 e. The third-order valence-electron chi connectivity index (χ3n) is 2.85. The molecule has 0 saturated heterocycles. The van der Waals surface area contributed by atoms with E-state index in [0.717, 1.165) is 16.3 Å². The van der Waals surface area contributed by atoms with E-state index in [-0.39, 0.29) is 5.91 Å². The molecule has 110 valence electrons. The minimum atomic E-state index is -0.115. The first kappa shape index (κ1) is 15.4. The van der Waals surface area contributed by atoms with Gasteiger partial charge in [-0.1, -0.05) is 12.1 Å². The number of nitrogens with one attached hydrogen (secondary N) is 1. The zero-order chi connectivity index (χ0) is 15.1. The predicted octanol–water partition coefficient (Wildman–Crippen LogP) is 3.00. The molecule has 0 saturated carbocycles. The molecule has 5 heteroatoms. The van der Waals surface area contributed by atoms with Crippen molar-refractivity contribution in [1.29, 1.82) is 0 Å². The number of thioether (sulfide) groups is 1. The minimum absolute atomic E-state index is 0.115. The van der Waals surface area contributed by atoms with Crippen LogP contribution in [0.3, 0.4) is 0 Å². The van der Waals surface area contributed by atoms with Crippen molar-refractivity contribution in [3.05, 3.63) is 54.1 Å². The molecular formula is C16H18N2O2S. The molecule has 0 aliphatic rings. The highest BCUT2D eigenvalue weighted by atomic mass is 32.2. The molecule has 1 amide bonds. The molecule has 0 fully saturated rings. The first-order valence-corrected chi connectivity index (χ1v) is 7.84. The lowest BCUT2D eigenvalue weighted by molar-refractivity contribution is 0.102. The van der Waals surface area contributed by atoms with Crippen LogP contribution in [0.2, 0.25) is 0 Å². The summed E-state index contributed by atoms with van der Waals surface area (Å²) in [6, 6.07) is 14.8. The van der Waals surface area contributed by atoms with E-state index in [1.165, 1.54) is 0 Å². The zero-order valence-corrected chi connectivity index (χ0v) is 12.7. The molecule has 0 bridgehead atoms. The number of anilines is 1. The maximum atomic E-state index is 12.3. The Morgan fingerprint density at radius 3 is 2.57 bits per heavy atom. The highest BCUT2D eigenvalue weighted by Crippen LogP contribution is 2.22. The Morgan fingerprint density at radius 2 is 1.90 bits per heavy atom. The summed E-state index contributed by atoms with van der Waals surface area (Å²) in [5, 5.41) is 2.88. The van der Waals surface area contributed by atoms with Crippen LogP contribution in [0.25, 0.3) is 0 Å². The Balaban J connectivity index is 2.05. The van der Waals surface area contributed by atoms with Gasteiger partial charge in [-0.3, -0.25) is 4.79 Å². The van der Waals surface area contributed by atoms with E-state index in [0.29, 0.717) is 18.7 Å². The Hall–Kier alpha value is -1.98. The summed E-state index contributed by atoms with van der Waals surface area (Å²) in [7, 11) is 0. The molecule has 4 nitrogen and oxygen atoms in total. The average molecular weight is 302 g/mol. The normalized spacial score (nSPS) is 10.2. The van der Waals surface area contributed by atoms with Crippen molar-refractivity contribution in [3.63, 3.8) is 0 Å². The summed E-state index contributed by atoms with van der Waals surface area (Å²) in [5.74, 6) is 0.624. The van der Waals surface area contributed by atoms with Crippen LogP contribution in [0.5, 0.6) is 5.75 Å². The SMILES string of the molecule is CSc1ccccc1C(=O)Nc1ccc(OCCN)cc1. The fraction of sp³-hybridized carbons (Fsp3) is 0.188. The molecule has 0 radical (unpaired) electrons. The van der Waals surface area contributed by atoms with Gasteiger partial charge in [-0.2, -0.15) is 0 Å². The van der Waals surface area contributed by atoms with Crippen LogP contribution in [0.4, 0.5) is 5.69 Å². The molecule has 2 rings (SSSR count). The third kappa shape index (κ3) is 4.24. The van der Waals surface area contributed by atoms with Crippen LogP contribution >= 0.6 is 11.8 Å². The molecule has 21 heavy (non-hydrogen) atoms. The van der Waals surface area contributed by atoms with Crippen molar-refractivity contribution in [1.82, 2.24) is 0 Å². The van der Waals surface area contributed by atoms with Gasteiger partial charge in [0.05, 0.1) is 5.56 Å². The average Bonchev–Trinajstić information content (AvgIpc) is 2.54. The molecule has 0 aliphatic heterocycles. The number of hydrogen-bond donors (Lipinski definition) is 2. The summed E-state index contributed by atoms with van der Waals surface area (Å²) in [5.41, 5.74) is 6.79. The van der Waals surface area contributed by atoms with Crippen LogP contribution < -0.4 is 15.8 Å². The Kier molecular flexibility index (Phi) is 5.66. The van der Waals surface area contributed by atoms with Gasteiger partial charge in [-0.05, 0) is 42.7 Å². The van der Waals surface area contributed by atoms with Crippen LogP contribution in [0, 0.1) is 0 Å². The van der Waals surface area contributed by atoms with Gasteiger partial charge in [0.2, 0.25) is 0 Å². The van der Waals surface area contributed by atoms with E-state index in [1.807, 2.05) is 54.8 Å². The van der Waals surface area contributed by atoms with Gasteiger partial charge in [-0.25, -0.2) is 0 Å². The van der Waals surface area contributed by atoms with Crippen molar-refractivity contribution >= 4 is 23.4 Å². The maximum absolute atomic E-state index is 12.3. The van der Waals surface area contributed by atoms with E-state index in [4.69, 9.17) is 10.5 Å². The summed E-state index contributed by atoms with van der Waals surface area (Å²) >= 11 is 1.55. The van der Waals surface area contributed by atoms with Crippen molar-refractivity contribution < 1.29 is 9.53 Å². The molecule has 0 unspecified atom stereocenters. The van der Waals surface area contributed by atoms with Gasteiger partial charge in [0.1, 0.15) is 12.4 Å². The monoisotopic (exact) mass is 302 g/mol. The Morgan fingerprint density at radius 1 is 1.19 bits per heavy atom. The summed E-state index contributed by atoms with van der Waals surface area (Å²) in [4.78, 5) is 13.2. The first-order chi connectivity index (χ1) is 10.2. The minimum Gasteiger partial charge on any atom is -0.492 e. The van der Waals surface area contributed by atoms with Crippen LogP contribution in [-0.2, 0) is 0 Å². The number of carbonyl (C=O) groups excluding carboxylic acids is 1. The molecular weight excluding hydrogens is 284 g/mol. The fourth-order valence-electron chi connectivity index (χ4n) is 1.84. The van der Waals surface area contributed by atoms with E-state index in [1.54, 1.807) is 11.8 Å². The quantitative estimate of drug-likeness (QED) is 0.805. The molecule has 0 heterocycles. The zero-order valence-electron chi connectivity index (χ0n) is 11.8. The second kappa shape index (κ2) is 7.71. The highest BCUT2D eigenvalue weighted by molar-refractivity contribution is 7.98. The number of amides is 1. The van der Waals surface area contributed by atoms with Gasteiger partial charge in [0.25, 0.3) is 5.91 Å². The topological polar surface area (TPSA) is 64.3 Å².